The molecule has 1 saturated heterocycles. The van der Waals surface area contributed by atoms with Crippen molar-refractivity contribution >= 4 is 22.7 Å². The minimum absolute atomic E-state index is 0.148. The molecule has 33 heavy (non-hydrogen) atoms. The van der Waals surface area contributed by atoms with Crippen LogP contribution in [-0.4, -0.2) is 64.5 Å². The van der Waals surface area contributed by atoms with E-state index in [1.165, 1.54) is 5.69 Å². The van der Waals surface area contributed by atoms with Crippen LogP contribution in [-0.2, 0) is 11.2 Å². The average Bonchev–Trinajstić information content (AvgIpc) is 3.15. The van der Waals surface area contributed by atoms with E-state index in [4.69, 9.17) is 9.72 Å². The third-order valence-corrected chi connectivity index (χ3v) is 6.25. The van der Waals surface area contributed by atoms with Gasteiger partial charge < -0.3 is 14.7 Å². The molecule has 1 fully saturated rings. The molecule has 1 atom stereocenters. The van der Waals surface area contributed by atoms with E-state index in [-0.39, 0.29) is 11.8 Å². The fraction of sp³-hybridized carbons (Fsp3) is 0.462. The second-order valence-corrected chi connectivity index (χ2v) is 9.07. The summed E-state index contributed by atoms with van der Waals surface area (Å²) in [6.45, 7) is 13.1. The summed E-state index contributed by atoms with van der Waals surface area (Å²) in [7, 11) is 0. The van der Waals surface area contributed by atoms with Crippen LogP contribution >= 0.6 is 0 Å². The average molecular weight is 451 g/mol. The summed E-state index contributed by atoms with van der Waals surface area (Å²) in [6.07, 6.45) is 0.963. The lowest BCUT2D eigenvalue weighted by molar-refractivity contribution is -0.0440. The van der Waals surface area contributed by atoms with Gasteiger partial charge in [-0.1, -0.05) is 19.9 Å². The lowest BCUT2D eigenvalue weighted by Gasteiger charge is -2.38. The van der Waals surface area contributed by atoms with Crippen LogP contribution in [0.5, 0.6) is 0 Å². The summed E-state index contributed by atoms with van der Waals surface area (Å²) in [4.78, 5) is 21.1. The molecule has 0 bridgehead atoms. The van der Waals surface area contributed by atoms with Crippen molar-refractivity contribution in [2.45, 2.75) is 40.3 Å². The van der Waals surface area contributed by atoms with Gasteiger partial charge in [-0.2, -0.15) is 0 Å². The van der Waals surface area contributed by atoms with Gasteiger partial charge in [0.25, 0.3) is 0 Å². The number of aromatic nitrogens is 2. The Labute approximate surface area is 195 Å². The third-order valence-electron chi connectivity index (χ3n) is 6.25. The van der Waals surface area contributed by atoms with E-state index in [9.17, 15) is 9.90 Å². The van der Waals surface area contributed by atoms with Crippen LogP contribution in [0.4, 0.5) is 5.69 Å². The molecule has 1 unspecified atom stereocenters. The number of fused-ring (bicyclic) bond motifs is 1. The maximum Gasteiger partial charge on any atom is 0.335 e. The Bertz CT molecular complexity index is 1120. The van der Waals surface area contributed by atoms with E-state index in [1.807, 2.05) is 13.0 Å². The zero-order valence-electron chi connectivity index (χ0n) is 20.0. The lowest BCUT2D eigenvalue weighted by Crippen LogP contribution is -2.50. The van der Waals surface area contributed by atoms with Crippen LogP contribution in [0.2, 0.25) is 0 Å². The number of aromatic carboxylic acids is 1. The Morgan fingerprint density at radius 3 is 2.45 bits per heavy atom. The molecule has 0 amide bonds. The Hall–Kier alpha value is -2.90. The summed E-state index contributed by atoms with van der Waals surface area (Å²) < 4.78 is 7.94. The van der Waals surface area contributed by atoms with Gasteiger partial charge in [0, 0.05) is 50.6 Å². The van der Waals surface area contributed by atoms with Crippen molar-refractivity contribution in [2.24, 2.45) is 5.92 Å². The SMILES string of the molecule is CCOC(C)N1CCN(c2cccc(-n3c(CC(C)C)nc4cc(C(=O)O)ccc43)c2)CC1. The molecular weight excluding hydrogens is 416 g/mol. The molecule has 0 radical (unpaired) electrons. The molecule has 1 N–H and O–H groups in total. The van der Waals surface area contributed by atoms with Gasteiger partial charge in [-0.3, -0.25) is 9.47 Å². The summed E-state index contributed by atoms with van der Waals surface area (Å²) in [6, 6.07) is 13.8. The smallest absolute Gasteiger partial charge is 0.335 e. The van der Waals surface area contributed by atoms with Gasteiger partial charge in [0.15, 0.2) is 0 Å². The fourth-order valence-corrected chi connectivity index (χ4v) is 4.57. The number of imidazole rings is 1. The predicted octanol–water partition coefficient (Wildman–Crippen LogP) is 4.43. The standard InChI is InChI=1S/C26H34N4O3/c1-5-33-19(4)28-11-13-29(14-12-28)21-7-6-8-22(17-21)30-24-10-9-20(26(31)32)16-23(24)27-25(30)15-18(2)3/h6-10,16-19H,5,11-15H2,1-4H3,(H,31,32). The molecule has 4 rings (SSSR count). The van der Waals surface area contributed by atoms with Crippen LogP contribution in [0, 0.1) is 5.92 Å². The van der Waals surface area contributed by atoms with E-state index in [1.54, 1.807) is 12.1 Å². The van der Waals surface area contributed by atoms with Crippen LogP contribution in [0.3, 0.4) is 0 Å². The van der Waals surface area contributed by atoms with E-state index in [2.05, 4.69) is 59.4 Å². The summed E-state index contributed by atoms with van der Waals surface area (Å²) in [5, 5.41) is 9.39. The molecule has 3 aromatic rings. The van der Waals surface area contributed by atoms with Gasteiger partial charge in [0.2, 0.25) is 0 Å². The number of piperazine rings is 1. The van der Waals surface area contributed by atoms with E-state index in [0.717, 1.165) is 61.8 Å². The first-order valence-corrected chi connectivity index (χ1v) is 11.8. The van der Waals surface area contributed by atoms with Crippen molar-refractivity contribution < 1.29 is 14.6 Å². The predicted molar refractivity (Wildman–Crippen MR) is 131 cm³/mol. The molecule has 2 aromatic carbocycles. The number of hydrogen-bond acceptors (Lipinski definition) is 5. The largest absolute Gasteiger partial charge is 0.478 e. The Morgan fingerprint density at radius 2 is 1.79 bits per heavy atom. The molecule has 2 heterocycles. The van der Waals surface area contributed by atoms with Crippen LogP contribution in [0.15, 0.2) is 42.5 Å². The minimum Gasteiger partial charge on any atom is -0.478 e. The zero-order chi connectivity index (χ0) is 23.5. The van der Waals surface area contributed by atoms with Gasteiger partial charge in [-0.05, 0) is 56.2 Å². The molecule has 0 aliphatic carbocycles. The van der Waals surface area contributed by atoms with Crippen molar-refractivity contribution in [3.05, 3.63) is 53.9 Å². The highest BCUT2D eigenvalue weighted by Crippen LogP contribution is 2.27. The molecule has 7 heteroatoms. The van der Waals surface area contributed by atoms with Crippen molar-refractivity contribution in [2.75, 3.05) is 37.7 Å². The highest BCUT2D eigenvalue weighted by atomic mass is 16.5. The zero-order valence-corrected chi connectivity index (χ0v) is 20.0. The van der Waals surface area contributed by atoms with Crippen molar-refractivity contribution in [3.63, 3.8) is 0 Å². The summed E-state index contributed by atoms with van der Waals surface area (Å²) in [5.74, 6) is 0.454. The van der Waals surface area contributed by atoms with Crippen LogP contribution < -0.4 is 4.90 Å². The second-order valence-electron chi connectivity index (χ2n) is 9.07. The Kier molecular flexibility index (Phi) is 7.00. The number of rotatable bonds is 8. The third kappa shape index (κ3) is 5.04. The van der Waals surface area contributed by atoms with Gasteiger partial charge >= 0.3 is 5.97 Å². The molecule has 0 spiro atoms. The Morgan fingerprint density at radius 1 is 1.06 bits per heavy atom. The first-order valence-electron chi connectivity index (χ1n) is 11.8. The van der Waals surface area contributed by atoms with Gasteiger partial charge in [0.1, 0.15) is 12.1 Å². The number of benzene rings is 2. The Balaban J connectivity index is 1.65. The number of carbonyl (C=O) groups is 1. The fourth-order valence-electron chi connectivity index (χ4n) is 4.57. The highest BCUT2D eigenvalue weighted by Gasteiger charge is 2.22. The number of hydrogen-bond donors (Lipinski definition) is 1. The second kappa shape index (κ2) is 9.93. The van der Waals surface area contributed by atoms with Gasteiger partial charge in [-0.15, -0.1) is 0 Å². The van der Waals surface area contributed by atoms with E-state index in [0.29, 0.717) is 5.92 Å². The van der Waals surface area contributed by atoms with Crippen LogP contribution in [0.1, 0.15) is 43.9 Å². The molecule has 0 saturated carbocycles. The molecule has 7 nitrogen and oxygen atoms in total. The number of ether oxygens (including phenoxy) is 1. The van der Waals surface area contributed by atoms with E-state index < -0.39 is 5.97 Å². The molecule has 1 aliphatic heterocycles. The molecule has 1 aliphatic rings. The minimum atomic E-state index is -0.934. The number of carboxylic acids is 1. The monoisotopic (exact) mass is 450 g/mol. The van der Waals surface area contributed by atoms with E-state index >= 15 is 0 Å². The van der Waals surface area contributed by atoms with Crippen molar-refractivity contribution in [3.8, 4) is 5.69 Å². The topological polar surface area (TPSA) is 70.8 Å². The number of anilines is 1. The first kappa shape index (κ1) is 23.3. The number of carboxylic acid groups (broad SMARTS) is 1. The molecule has 1 aromatic heterocycles. The summed E-state index contributed by atoms with van der Waals surface area (Å²) >= 11 is 0. The van der Waals surface area contributed by atoms with Crippen molar-refractivity contribution in [1.82, 2.24) is 14.5 Å². The number of nitrogens with zero attached hydrogens (tertiary/aromatic N) is 4. The maximum atomic E-state index is 11.5. The quantitative estimate of drug-likeness (QED) is 0.548. The van der Waals surface area contributed by atoms with Gasteiger partial charge in [0.05, 0.1) is 16.6 Å². The molecular formula is C26H34N4O3. The first-order chi connectivity index (χ1) is 15.9. The summed E-state index contributed by atoms with van der Waals surface area (Å²) in [5.41, 5.74) is 4.16. The van der Waals surface area contributed by atoms with Crippen molar-refractivity contribution in [1.29, 1.82) is 0 Å². The lowest BCUT2D eigenvalue weighted by atomic mass is 10.1. The molecule has 176 valence electrons. The maximum absolute atomic E-state index is 11.5. The van der Waals surface area contributed by atoms with Gasteiger partial charge in [-0.25, -0.2) is 9.78 Å². The van der Waals surface area contributed by atoms with Crippen LogP contribution in [0.25, 0.3) is 16.7 Å². The normalized spacial score (nSPS) is 16.0. The highest BCUT2D eigenvalue weighted by molar-refractivity contribution is 5.93.